The summed E-state index contributed by atoms with van der Waals surface area (Å²) in [7, 11) is 2.19. The van der Waals surface area contributed by atoms with Crippen molar-refractivity contribution in [2.75, 3.05) is 45.1 Å². The van der Waals surface area contributed by atoms with Crippen LogP contribution >= 0.6 is 0 Å². The molecule has 22 heavy (non-hydrogen) atoms. The van der Waals surface area contributed by atoms with Gasteiger partial charge in [-0.05, 0) is 39.4 Å². The summed E-state index contributed by atoms with van der Waals surface area (Å²) in [4.78, 5) is 9.43. The molecule has 0 unspecified atom stereocenters. The van der Waals surface area contributed by atoms with Gasteiger partial charge in [0.1, 0.15) is 5.52 Å². The highest BCUT2D eigenvalue weighted by Gasteiger charge is 2.22. The van der Waals surface area contributed by atoms with Gasteiger partial charge in [-0.2, -0.15) is 4.98 Å². The van der Waals surface area contributed by atoms with Gasteiger partial charge in [-0.25, -0.2) is 0 Å². The SMILES string of the molecule is CN1CCN(CCC(C)(C)Nc2nc3ccccc3o2)CC1. The molecule has 0 bridgehead atoms. The number of piperazine rings is 1. The molecule has 1 aliphatic heterocycles. The predicted octanol–water partition coefficient (Wildman–Crippen LogP) is 2.66. The number of nitrogens with zero attached hydrogens (tertiary/aromatic N) is 3. The summed E-state index contributed by atoms with van der Waals surface area (Å²) in [6.45, 7) is 10.2. The van der Waals surface area contributed by atoms with Gasteiger partial charge in [0.05, 0.1) is 0 Å². The fourth-order valence-corrected chi connectivity index (χ4v) is 2.79. The molecule has 0 aliphatic carbocycles. The molecule has 3 rings (SSSR count). The first kappa shape index (κ1) is 15.3. The van der Waals surface area contributed by atoms with Crippen LogP contribution in [0.3, 0.4) is 0 Å². The molecule has 1 fully saturated rings. The Morgan fingerprint density at radius 1 is 1.18 bits per heavy atom. The highest BCUT2D eigenvalue weighted by atomic mass is 16.4. The highest BCUT2D eigenvalue weighted by molar-refractivity contribution is 5.74. The van der Waals surface area contributed by atoms with Crippen molar-refractivity contribution in [3.05, 3.63) is 24.3 Å². The zero-order chi connectivity index (χ0) is 15.6. The lowest BCUT2D eigenvalue weighted by atomic mass is 10.0. The van der Waals surface area contributed by atoms with Crippen molar-refractivity contribution >= 4 is 17.1 Å². The van der Waals surface area contributed by atoms with Crippen molar-refractivity contribution in [3.63, 3.8) is 0 Å². The lowest BCUT2D eigenvalue weighted by Gasteiger charge is -2.35. The predicted molar refractivity (Wildman–Crippen MR) is 90.3 cm³/mol. The van der Waals surface area contributed by atoms with Gasteiger partial charge in [0.15, 0.2) is 5.58 Å². The standard InChI is InChI=1S/C17H26N4O/c1-17(2,8-9-21-12-10-20(3)11-13-21)19-16-18-14-6-4-5-7-15(14)22-16/h4-7H,8-13H2,1-3H3,(H,18,19). The first-order chi connectivity index (χ1) is 10.5. The summed E-state index contributed by atoms with van der Waals surface area (Å²) in [5.41, 5.74) is 1.70. The van der Waals surface area contributed by atoms with Crippen LogP contribution in [0.25, 0.3) is 11.1 Å². The van der Waals surface area contributed by atoms with Crippen molar-refractivity contribution in [2.24, 2.45) is 0 Å². The van der Waals surface area contributed by atoms with E-state index in [9.17, 15) is 0 Å². The molecule has 0 radical (unpaired) electrons. The summed E-state index contributed by atoms with van der Waals surface area (Å²) < 4.78 is 5.77. The Morgan fingerprint density at radius 2 is 1.91 bits per heavy atom. The van der Waals surface area contributed by atoms with Crippen LogP contribution in [-0.2, 0) is 0 Å². The quantitative estimate of drug-likeness (QED) is 0.920. The Kier molecular flexibility index (Phi) is 4.36. The fourth-order valence-electron chi connectivity index (χ4n) is 2.79. The van der Waals surface area contributed by atoms with Crippen LogP contribution in [0.15, 0.2) is 28.7 Å². The third kappa shape index (κ3) is 3.78. The molecule has 120 valence electrons. The zero-order valence-electron chi connectivity index (χ0n) is 13.8. The van der Waals surface area contributed by atoms with Crippen molar-refractivity contribution in [3.8, 4) is 0 Å². The van der Waals surface area contributed by atoms with E-state index in [2.05, 4.69) is 41.0 Å². The Morgan fingerprint density at radius 3 is 2.64 bits per heavy atom. The minimum Gasteiger partial charge on any atom is -0.424 e. The number of benzene rings is 1. The fraction of sp³-hybridized carbons (Fsp3) is 0.588. The van der Waals surface area contributed by atoms with E-state index in [4.69, 9.17) is 4.42 Å². The van der Waals surface area contributed by atoms with Crippen LogP contribution in [0.2, 0.25) is 0 Å². The third-order valence-electron chi connectivity index (χ3n) is 4.39. The average molecular weight is 302 g/mol. The Hall–Kier alpha value is -1.59. The lowest BCUT2D eigenvalue weighted by molar-refractivity contribution is 0.147. The topological polar surface area (TPSA) is 44.5 Å². The number of hydrogen-bond acceptors (Lipinski definition) is 5. The van der Waals surface area contributed by atoms with E-state index >= 15 is 0 Å². The van der Waals surface area contributed by atoms with Crippen molar-refractivity contribution in [1.29, 1.82) is 0 Å². The first-order valence-corrected chi connectivity index (χ1v) is 8.06. The van der Waals surface area contributed by atoms with Crippen LogP contribution in [0.1, 0.15) is 20.3 Å². The molecule has 0 spiro atoms. The zero-order valence-corrected chi connectivity index (χ0v) is 13.8. The normalized spacial score (nSPS) is 18.0. The van der Waals surface area contributed by atoms with Gasteiger partial charge in [-0.15, -0.1) is 0 Å². The van der Waals surface area contributed by atoms with Gasteiger partial charge in [0.2, 0.25) is 0 Å². The van der Waals surface area contributed by atoms with Gasteiger partial charge < -0.3 is 19.5 Å². The van der Waals surface area contributed by atoms with Gasteiger partial charge in [0.25, 0.3) is 6.01 Å². The molecule has 2 heterocycles. The molecule has 0 atom stereocenters. The maximum absolute atomic E-state index is 5.77. The molecule has 5 heteroatoms. The Labute approximate surface area is 132 Å². The molecule has 1 N–H and O–H groups in total. The van der Waals surface area contributed by atoms with E-state index in [1.807, 2.05) is 24.3 Å². The van der Waals surface area contributed by atoms with E-state index in [0.717, 1.165) is 37.2 Å². The molecule has 1 aromatic carbocycles. The molecule has 2 aromatic rings. The summed E-state index contributed by atoms with van der Waals surface area (Å²) in [5.74, 6) is 0. The molecular weight excluding hydrogens is 276 g/mol. The first-order valence-electron chi connectivity index (χ1n) is 8.06. The minimum atomic E-state index is -0.0375. The molecule has 0 amide bonds. The molecule has 0 saturated carbocycles. The van der Waals surface area contributed by atoms with Crippen molar-refractivity contribution in [1.82, 2.24) is 14.8 Å². The summed E-state index contributed by atoms with van der Waals surface area (Å²) in [5, 5.41) is 3.44. The Balaban J connectivity index is 1.56. The van der Waals surface area contributed by atoms with E-state index in [1.54, 1.807) is 0 Å². The molecule has 5 nitrogen and oxygen atoms in total. The van der Waals surface area contributed by atoms with Crippen LogP contribution in [0.4, 0.5) is 6.01 Å². The molecular formula is C17H26N4O. The van der Waals surface area contributed by atoms with Crippen LogP contribution in [0, 0.1) is 0 Å². The second-order valence-corrected chi connectivity index (χ2v) is 6.89. The summed E-state index contributed by atoms with van der Waals surface area (Å²) >= 11 is 0. The maximum Gasteiger partial charge on any atom is 0.296 e. The third-order valence-corrected chi connectivity index (χ3v) is 4.39. The Bertz CT molecular complexity index is 581. The maximum atomic E-state index is 5.77. The lowest BCUT2D eigenvalue weighted by Crippen LogP contribution is -2.46. The van der Waals surface area contributed by atoms with Gasteiger partial charge in [-0.1, -0.05) is 12.1 Å². The number of hydrogen-bond donors (Lipinski definition) is 1. The summed E-state index contributed by atoms with van der Waals surface area (Å²) in [6.07, 6.45) is 1.06. The van der Waals surface area contributed by atoms with E-state index in [1.165, 1.54) is 13.1 Å². The number of rotatable bonds is 5. The van der Waals surface area contributed by atoms with Crippen LogP contribution < -0.4 is 5.32 Å². The largest absolute Gasteiger partial charge is 0.424 e. The molecule has 1 saturated heterocycles. The smallest absolute Gasteiger partial charge is 0.296 e. The number of aromatic nitrogens is 1. The monoisotopic (exact) mass is 302 g/mol. The van der Waals surface area contributed by atoms with E-state index in [0.29, 0.717) is 6.01 Å². The van der Waals surface area contributed by atoms with Crippen molar-refractivity contribution < 1.29 is 4.42 Å². The average Bonchev–Trinajstić information content (AvgIpc) is 2.88. The van der Waals surface area contributed by atoms with Gasteiger partial charge in [0, 0.05) is 38.3 Å². The van der Waals surface area contributed by atoms with E-state index in [-0.39, 0.29) is 5.54 Å². The van der Waals surface area contributed by atoms with Gasteiger partial charge >= 0.3 is 0 Å². The number of nitrogens with one attached hydrogen (secondary N) is 1. The van der Waals surface area contributed by atoms with E-state index < -0.39 is 0 Å². The van der Waals surface area contributed by atoms with Crippen LogP contribution in [0.5, 0.6) is 0 Å². The second-order valence-electron chi connectivity index (χ2n) is 6.89. The second kappa shape index (κ2) is 6.26. The van der Waals surface area contributed by atoms with Crippen LogP contribution in [-0.4, -0.2) is 60.1 Å². The van der Waals surface area contributed by atoms with Gasteiger partial charge in [-0.3, -0.25) is 0 Å². The highest BCUT2D eigenvalue weighted by Crippen LogP contribution is 2.23. The number of para-hydroxylation sites is 2. The minimum absolute atomic E-state index is 0.0375. The number of anilines is 1. The van der Waals surface area contributed by atoms with Crippen molar-refractivity contribution in [2.45, 2.75) is 25.8 Å². The number of likely N-dealkylation sites (N-methyl/N-ethyl adjacent to an activating group) is 1. The molecule has 1 aliphatic rings. The summed E-state index contributed by atoms with van der Waals surface area (Å²) in [6, 6.07) is 8.49. The molecule has 1 aromatic heterocycles. The number of oxazole rings is 1. The number of fused-ring (bicyclic) bond motifs is 1.